The van der Waals surface area contributed by atoms with Crippen LogP contribution in [0.1, 0.15) is 16.2 Å². The molecular weight excluding hydrogens is 331 g/mol. The lowest BCUT2D eigenvalue weighted by Crippen LogP contribution is -2.11. The summed E-state index contributed by atoms with van der Waals surface area (Å²) in [6.45, 7) is 0. The van der Waals surface area contributed by atoms with Gasteiger partial charge < -0.3 is 5.11 Å². The minimum atomic E-state index is -4.59. The summed E-state index contributed by atoms with van der Waals surface area (Å²) in [5.41, 5.74) is -1.55. The molecular formula is C10H5BrF3N3O2. The normalized spacial score (nSPS) is 11.6. The van der Waals surface area contributed by atoms with Crippen LogP contribution in [0.25, 0.3) is 5.69 Å². The van der Waals surface area contributed by atoms with Crippen LogP contribution in [0.5, 0.6) is 0 Å². The standard InChI is InChI=1S/C10H5BrF3N3O2/c11-5-3-6(8(9(18)19)15-4-5)17-2-1-7(16-17)10(12,13)14/h1-4H,(H,18,19). The van der Waals surface area contributed by atoms with Crippen molar-refractivity contribution in [3.8, 4) is 5.69 Å². The smallest absolute Gasteiger partial charge is 0.435 e. The summed E-state index contributed by atoms with van der Waals surface area (Å²) in [5.74, 6) is -1.36. The molecule has 100 valence electrons. The molecule has 0 unspecified atom stereocenters. The maximum atomic E-state index is 12.4. The number of pyridine rings is 1. The molecule has 2 aromatic heterocycles. The van der Waals surface area contributed by atoms with E-state index < -0.39 is 17.8 Å². The topological polar surface area (TPSA) is 68.0 Å². The maximum Gasteiger partial charge on any atom is 0.435 e. The van der Waals surface area contributed by atoms with Crippen LogP contribution in [0, 0.1) is 0 Å². The third-order valence-electron chi connectivity index (χ3n) is 2.16. The Hall–Kier alpha value is -1.90. The Morgan fingerprint density at radius 1 is 1.42 bits per heavy atom. The van der Waals surface area contributed by atoms with E-state index in [1.54, 1.807) is 0 Å². The highest BCUT2D eigenvalue weighted by Crippen LogP contribution is 2.28. The molecule has 0 bridgehead atoms. The molecule has 2 heterocycles. The Morgan fingerprint density at radius 3 is 2.63 bits per heavy atom. The molecule has 2 rings (SSSR count). The van der Waals surface area contributed by atoms with Crippen molar-refractivity contribution >= 4 is 21.9 Å². The van der Waals surface area contributed by atoms with Crippen LogP contribution in [0.3, 0.4) is 0 Å². The molecule has 0 spiro atoms. The van der Waals surface area contributed by atoms with Crippen molar-refractivity contribution in [3.63, 3.8) is 0 Å². The van der Waals surface area contributed by atoms with E-state index in [2.05, 4.69) is 26.0 Å². The molecule has 2 aromatic rings. The number of alkyl halides is 3. The second-order valence-corrected chi connectivity index (χ2v) is 4.39. The number of aromatic carboxylic acids is 1. The number of carbonyl (C=O) groups is 1. The highest BCUT2D eigenvalue weighted by molar-refractivity contribution is 9.10. The molecule has 0 aliphatic heterocycles. The zero-order chi connectivity index (χ0) is 14.2. The van der Waals surface area contributed by atoms with Crippen LogP contribution >= 0.6 is 15.9 Å². The largest absolute Gasteiger partial charge is 0.476 e. The number of halogens is 4. The van der Waals surface area contributed by atoms with Gasteiger partial charge in [-0.25, -0.2) is 14.5 Å². The number of nitrogens with zero attached hydrogens (tertiary/aromatic N) is 3. The summed E-state index contributed by atoms with van der Waals surface area (Å²) in [6, 6.07) is 2.08. The molecule has 0 fully saturated rings. The predicted molar refractivity (Wildman–Crippen MR) is 61.0 cm³/mol. The highest BCUT2D eigenvalue weighted by atomic mass is 79.9. The molecule has 0 aromatic carbocycles. The van der Waals surface area contributed by atoms with Gasteiger partial charge in [0.05, 0.1) is 5.69 Å². The zero-order valence-corrected chi connectivity index (χ0v) is 10.6. The van der Waals surface area contributed by atoms with E-state index in [9.17, 15) is 18.0 Å². The third-order valence-corrected chi connectivity index (χ3v) is 2.60. The van der Waals surface area contributed by atoms with Crippen LogP contribution in [0.2, 0.25) is 0 Å². The summed E-state index contributed by atoms with van der Waals surface area (Å²) in [5, 5.41) is 12.2. The van der Waals surface area contributed by atoms with Crippen LogP contribution in [0.4, 0.5) is 13.2 Å². The Kier molecular flexibility index (Phi) is 3.31. The average molecular weight is 336 g/mol. The van der Waals surface area contributed by atoms with Crippen molar-refractivity contribution in [1.82, 2.24) is 14.8 Å². The highest BCUT2D eigenvalue weighted by Gasteiger charge is 2.34. The van der Waals surface area contributed by atoms with Crippen LogP contribution in [-0.4, -0.2) is 25.8 Å². The minimum absolute atomic E-state index is 0.0580. The Bertz CT molecular complexity index is 639. The first kappa shape index (κ1) is 13.5. The first-order valence-corrected chi connectivity index (χ1v) is 5.60. The molecule has 0 aliphatic carbocycles. The number of hydrogen-bond donors (Lipinski definition) is 1. The van der Waals surface area contributed by atoms with Gasteiger partial charge in [0.15, 0.2) is 11.4 Å². The molecule has 0 saturated carbocycles. The van der Waals surface area contributed by atoms with E-state index in [0.717, 1.165) is 16.9 Å². The Balaban J connectivity index is 2.55. The first-order valence-electron chi connectivity index (χ1n) is 4.81. The van der Waals surface area contributed by atoms with Gasteiger partial charge in [-0.2, -0.15) is 18.3 Å². The quantitative estimate of drug-likeness (QED) is 0.916. The number of rotatable bonds is 2. The molecule has 5 nitrogen and oxygen atoms in total. The SMILES string of the molecule is O=C(O)c1ncc(Br)cc1-n1ccc(C(F)(F)F)n1. The zero-order valence-electron chi connectivity index (χ0n) is 9.02. The summed E-state index contributed by atoms with van der Waals surface area (Å²) in [7, 11) is 0. The van der Waals surface area contributed by atoms with Gasteiger partial charge in [-0.3, -0.25) is 0 Å². The monoisotopic (exact) mass is 335 g/mol. The maximum absolute atomic E-state index is 12.4. The van der Waals surface area contributed by atoms with Crippen LogP contribution in [0.15, 0.2) is 29.0 Å². The second-order valence-electron chi connectivity index (χ2n) is 3.47. The lowest BCUT2D eigenvalue weighted by atomic mass is 10.3. The summed E-state index contributed by atoms with van der Waals surface area (Å²) >= 11 is 3.07. The van der Waals surface area contributed by atoms with Crippen molar-refractivity contribution in [2.24, 2.45) is 0 Å². The van der Waals surface area contributed by atoms with Gasteiger partial charge >= 0.3 is 12.1 Å². The van der Waals surface area contributed by atoms with Gasteiger partial charge in [0.2, 0.25) is 0 Å². The van der Waals surface area contributed by atoms with Crippen LogP contribution in [-0.2, 0) is 6.18 Å². The molecule has 0 aliphatic rings. The molecule has 0 saturated heterocycles. The van der Waals surface area contributed by atoms with Gasteiger partial charge in [-0.15, -0.1) is 0 Å². The molecule has 19 heavy (non-hydrogen) atoms. The van der Waals surface area contributed by atoms with E-state index in [1.165, 1.54) is 12.3 Å². The minimum Gasteiger partial charge on any atom is -0.476 e. The third kappa shape index (κ3) is 2.75. The fraction of sp³-hybridized carbons (Fsp3) is 0.100. The van der Waals surface area contributed by atoms with Gasteiger partial charge in [0, 0.05) is 16.9 Å². The fourth-order valence-electron chi connectivity index (χ4n) is 1.38. The van der Waals surface area contributed by atoms with Gasteiger partial charge in [-0.1, -0.05) is 0 Å². The number of carboxylic acids is 1. The number of hydrogen-bond acceptors (Lipinski definition) is 3. The second kappa shape index (κ2) is 4.65. The lowest BCUT2D eigenvalue weighted by molar-refractivity contribution is -0.141. The van der Waals surface area contributed by atoms with Crippen molar-refractivity contribution in [1.29, 1.82) is 0 Å². The van der Waals surface area contributed by atoms with E-state index in [-0.39, 0.29) is 11.4 Å². The lowest BCUT2D eigenvalue weighted by Gasteiger charge is -2.06. The first-order chi connectivity index (χ1) is 8.79. The van der Waals surface area contributed by atoms with E-state index >= 15 is 0 Å². The molecule has 0 amide bonds. The van der Waals surface area contributed by atoms with E-state index in [4.69, 9.17) is 5.11 Å². The van der Waals surface area contributed by atoms with Crippen molar-refractivity contribution in [2.75, 3.05) is 0 Å². The summed E-state index contributed by atoms with van der Waals surface area (Å²) in [4.78, 5) is 14.6. The predicted octanol–water partition coefficient (Wildman–Crippen LogP) is 2.75. The average Bonchev–Trinajstić information content (AvgIpc) is 2.77. The summed E-state index contributed by atoms with van der Waals surface area (Å²) in [6.07, 6.45) is -2.33. The van der Waals surface area contributed by atoms with Crippen molar-refractivity contribution < 1.29 is 23.1 Å². The molecule has 0 radical (unpaired) electrons. The summed E-state index contributed by atoms with van der Waals surface area (Å²) < 4.78 is 38.6. The molecule has 0 atom stereocenters. The van der Waals surface area contributed by atoms with Gasteiger partial charge in [0.25, 0.3) is 0 Å². The Labute approximate surface area is 112 Å². The molecule has 9 heteroatoms. The fourth-order valence-corrected chi connectivity index (χ4v) is 1.70. The Morgan fingerprint density at radius 2 is 2.11 bits per heavy atom. The van der Waals surface area contributed by atoms with Crippen molar-refractivity contribution in [2.45, 2.75) is 6.18 Å². The number of aromatic nitrogens is 3. The number of carboxylic acid groups (broad SMARTS) is 1. The molecule has 1 N–H and O–H groups in total. The van der Waals surface area contributed by atoms with Crippen molar-refractivity contribution in [3.05, 3.63) is 40.4 Å². The van der Waals surface area contributed by atoms with E-state index in [1.807, 2.05) is 0 Å². The van der Waals surface area contributed by atoms with E-state index in [0.29, 0.717) is 4.47 Å². The van der Waals surface area contributed by atoms with Crippen LogP contribution < -0.4 is 0 Å². The van der Waals surface area contributed by atoms with Gasteiger partial charge in [0.1, 0.15) is 0 Å². The van der Waals surface area contributed by atoms with Gasteiger partial charge in [-0.05, 0) is 28.1 Å².